The zero-order valence-corrected chi connectivity index (χ0v) is 36.4. The number of rotatable bonds is 8. The second kappa shape index (κ2) is 16.4. The molecule has 6 aromatic carbocycles. The number of carbonyl (C=O) groups excluding carboxylic acids is 2. The summed E-state index contributed by atoms with van der Waals surface area (Å²) < 4.78 is 2.01. The minimum absolute atomic E-state index is 0.272. The Labute approximate surface area is 371 Å². The molecule has 1 aliphatic rings. The van der Waals surface area contributed by atoms with E-state index in [2.05, 4.69) is 47.7 Å². The Kier molecular flexibility index (Phi) is 10.3. The highest BCUT2D eigenvalue weighted by molar-refractivity contribution is 7.21. The molecule has 9 nitrogen and oxygen atoms in total. The Hall–Kier alpha value is -7.60. The maximum absolute atomic E-state index is 14.2. The molecule has 0 aliphatic carbocycles. The highest BCUT2D eigenvalue weighted by Gasteiger charge is 2.34. The number of aliphatic imine (C=N–C) groups is 2. The van der Waals surface area contributed by atoms with Crippen molar-refractivity contribution in [3.05, 3.63) is 190 Å². The molecule has 10 rings (SSSR count). The number of H-pyrrole nitrogens is 1. The normalized spacial score (nSPS) is 13.3. The van der Waals surface area contributed by atoms with Gasteiger partial charge < -0.3 is 15.6 Å². The van der Waals surface area contributed by atoms with E-state index in [0.717, 1.165) is 59.4 Å². The van der Waals surface area contributed by atoms with Crippen LogP contribution in [0.5, 0.6) is 0 Å². The van der Waals surface area contributed by atoms with Crippen LogP contribution < -0.4 is 10.6 Å². The molecule has 4 heterocycles. The van der Waals surface area contributed by atoms with Crippen LogP contribution in [0.25, 0.3) is 53.3 Å². The quantitative estimate of drug-likeness (QED) is 0.141. The van der Waals surface area contributed by atoms with Gasteiger partial charge in [-0.25, -0.2) is 20.0 Å². The van der Waals surface area contributed by atoms with Crippen LogP contribution in [0.15, 0.2) is 156 Å². The number of amidine groups is 2. The molecule has 2 amide bonds. The Morgan fingerprint density at radius 2 is 1.02 bits per heavy atom. The van der Waals surface area contributed by atoms with Gasteiger partial charge in [-0.15, -0.1) is 22.7 Å². The van der Waals surface area contributed by atoms with Crippen molar-refractivity contribution in [3.63, 3.8) is 0 Å². The van der Waals surface area contributed by atoms with Gasteiger partial charge in [-0.1, -0.05) is 109 Å². The fourth-order valence-electron chi connectivity index (χ4n) is 8.01. The predicted octanol–water partition coefficient (Wildman–Crippen LogP) is 12.5. The molecule has 306 valence electrons. The molecule has 0 saturated heterocycles. The number of para-hydroxylation sites is 2. The van der Waals surface area contributed by atoms with E-state index in [1.54, 1.807) is 11.3 Å². The molecular weight excluding hydrogens is 819 g/mol. The zero-order chi connectivity index (χ0) is 43.2. The molecule has 3 aromatic heterocycles. The summed E-state index contributed by atoms with van der Waals surface area (Å²) in [6.45, 7) is 7.95. The number of amides is 2. The van der Waals surface area contributed by atoms with E-state index in [-0.39, 0.29) is 11.8 Å². The third-order valence-corrected chi connectivity index (χ3v) is 13.3. The monoisotopic (exact) mass is 857 g/mol. The summed E-state index contributed by atoms with van der Waals surface area (Å²) in [4.78, 5) is 53.0. The van der Waals surface area contributed by atoms with Crippen molar-refractivity contribution in [2.75, 3.05) is 5.32 Å². The standard InChI is InChI=1S/C52H39N7O2S2/c1-29-17-5-9-21-33(29)41-43(51-53-37-25-13-15-27-39(37)62-51)47(58-49(60)35-23-11-7-19-31(35)3)56-45(41)55-46-42(34-22-10-6-18-30(34)2)44(52-54-38-26-14-16-28-40(38)63-52)48(57-46)59-50(61)36-24-12-8-20-32(36)4/h5-28,56H,1-4H3,(H,58,60)(H,55,57,59,61). The first kappa shape index (κ1) is 39.5. The first-order chi connectivity index (χ1) is 30.7. The van der Waals surface area contributed by atoms with Gasteiger partial charge in [-0.05, 0) is 97.5 Å². The molecule has 9 aromatic rings. The topological polar surface area (TPSA) is 124 Å². The van der Waals surface area contributed by atoms with Crippen molar-refractivity contribution in [2.24, 2.45) is 9.98 Å². The summed E-state index contributed by atoms with van der Waals surface area (Å²) >= 11 is 3.08. The molecule has 0 bridgehead atoms. The summed E-state index contributed by atoms with van der Waals surface area (Å²) in [6, 6.07) is 47.2. The molecule has 0 spiro atoms. The molecule has 0 atom stereocenters. The Morgan fingerprint density at radius 3 is 1.60 bits per heavy atom. The van der Waals surface area contributed by atoms with Gasteiger partial charge in [-0.2, -0.15) is 0 Å². The van der Waals surface area contributed by atoms with Crippen molar-refractivity contribution in [2.45, 2.75) is 27.7 Å². The van der Waals surface area contributed by atoms with E-state index in [4.69, 9.17) is 20.0 Å². The molecule has 0 radical (unpaired) electrons. The minimum atomic E-state index is -0.296. The van der Waals surface area contributed by atoms with Gasteiger partial charge >= 0.3 is 0 Å². The largest absolute Gasteiger partial charge is 0.325 e. The summed E-state index contributed by atoms with van der Waals surface area (Å²) in [5.41, 5.74) is 11.1. The molecule has 3 N–H and O–H groups in total. The predicted molar refractivity (Wildman–Crippen MR) is 260 cm³/mol. The van der Waals surface area contributed by atoms with Gasteiger partial charge in [0.15, 0.2) is 5.84 Å². The van der Waals surface area contributed by atoms with Crippen molar-refractivity contribution in [1.29, 1.82) is 0 Å². The number of fused-ring (bicyclic) bond motifs is 2. The lowest BCUT2D eigenvalue weighted by Gasteiger charge is -2.12. The minimum Gasteiger partial charge on any atom is -0.325 e. The van der Waals surface area contributed by atoms with E-state index in [1.165, 1.54) is 11.3 Å². The lowest BCUT2D eigenvalue weighted by Crippen LogP contribution is -2.31. The highest BCUT2D eigenvalue weighted by atomic mass is 32.1. The summed E-state index contributed by atoms with van der Waals surface area (Å²) in [5.74, 6) is 1.04. The maximum atomic E-state index is 14.2. The van der Waals surface area contributed by atoms with E-state index in [9.17, 15) is 9.59 Å². The van der Waals surface area contributed by atoms with Crippen molar-refractivity contribution in [1.82, 2.24) is 20.3 Å². The van der Waals surface area contributed by atoms with Crippen LogP contribution in [0, 0.1) is 27.7 Å². The number of anilines is 1. The van der Waals surface area contributed by atoms with Crippen molar-refractivity contribution >= 4 is 89.4 Å². The Bertz CT molecular complexity index is 3340. The zero-order valence-electron chi connectivity index (χ0n) is 34.8. The first-order valence-electron chi connectivity index (χ1n) is 20.5. The van der Waals surface area contributed by atoms with Gasteiger partial charge in [0.25, 0.3) is 11.8 Å². The SMILES string of the molecule is Cc1ccccc1C(=O)NC1=NC(=Nc2[nH]c(NC(=O)c3ccccc3C)c(-c3nc4ccccc4s3)c2-c2ccccc2C)C(c2ccccc2C)=C1c1nc2ccccc2s1. The number of hydrogen-bond acceptors (Lipinski definition) is 7. The molecule has 11 heteroatoms. The number of hydrogen-bond donors (Lipinski definition) is 3. The van der Waals surface area contributed by atoms with E-state index >= 15 is 0 Å². The van der Waals surface area contributed by atoms with E-state index in [1.807, 2.05) is 141 Å². The average molecular weight is 858 g/mol. The smallest absolute Gasteiger partial charge is 0.257 e. The van der Waals surface area contributed by atoms with Gasteiger partial charge in [0, 0.05) is 22.3 Å². The number of benzene rings is 6. The van der Waals surface area contributed by atoms with Crippen LogP contribution >= 0.6 is 22.7 Å². The van der Waals surface area contributed by atoms with Crippen LogP contribution in [0.4, 0.5) is 11.6 Å². The highest BCUT2D eigenvalue weighted by Crippen LogP contribution is 2.49. The fraction of sp³-hybridized carbons (Fsp3) is 0.0769. The van der Waals surface area contributed by atoms with E-state index < -0.39 is 0 Å². The molecule has 0 fully saturated rings. The van der Waals surface area contributed by atoms with Gasteiger partial charge in [0.1, 0.15) is 27.5 Å². The molecule has 0 saturated carbocycles. The number of nitrogens with one attached hydrogen (secondary N) is 3. The van der Waals surface area contributed by atoms with Gasteiger partial charge in [0.2, 0.25) is 0 Å². The lowest BCUT2D eigenvalue weighted by atomic mass is 9.96. The number of aromatic amines is 1. The summed E-state index contributed by atoms with van der Waals surface area (Å²) in [5, 5.41) is 7.83. The van der Waals surface area contributed by atoms with Crippen LogP contribution in [-0.2, 0) is 0 Å². The molecule has 0 unspecified atom stereocenters. The van der Waals surface area contributed by atoms with E-state index in [0.29, 0.717) is 61.2 Å². The van der Waals surface area contributed by atoms with Gasteiger partial charge in [0.05, 0.1) is 31.6 Å². The number of carbonyl (C=O) groups is 2. The lowest BCUT2D eigenvalue weighted by molar-refractivity contribution is 0.0975. The van der Waals surface area contributed by atoms with Gasteiger partial charge in [-0.3, -0.25) is 9.59 Å². The van der Waals surface area contributed by atoms with Crippen LogP contribution in [0.1, 0.15) is 53.5 Å². The Morgan fingerprint density at radius 1 is 0.524 bits per heavy atom. The Balaban J connectivity index is 1.26. The van der Waals surface area contributed by atoms with Crippen LogP contribution in [0.2, 0.25) is 0 Å². The second-order valence-electron chi connectivity index (χ2n) is 15.4. The number of aryl methyl sites for hydroxylation is 4. The number of aromatic nitrogens is 3. The fourth-order valence-corrected chi connectivity index (χ4v) is 10.0. The van der Waals surface area contributed by atoms with Crippen LogP contribution in [0.3, 0.4) is 0 Å². The van der Waals surface area contributed by atoms with Crippen LogP contribution in [-0.4, -0.2) is 38.4 Å². The second-order valence-corrected chi connectivity index (χ2v) is 17.4. The third kappa shape index (κ3) is 7.37. The molecule has 63 heavy (non-hydrogen) atoms. The van der Waals surface area contributed by atoms with Crippen molar-refractivity contribution in [3.8, 4) is 21.7 Å². The van der Waals surface area contributed by atoms with Crippen molar-refractivity contribution < 1.29 is 9.59 Å². The first-order valence-corrected chi connectivity index (χ1v) is 22.1. The molecule has 1 aliphatic heterocycles. The summed E-state index contributed by atoms with van der Waals surface area (Å²) in [7, 11) is 0. The third-order valence-electron chi connectivity index (χ3n) is 11.2. The molecular formula is C52H39N7O2S2. The average Bonchev–Trinajstić information content (AvgIpc) is 4.07. The number of nitrogens with zero attached hydrogens (tertiary/aromatic N) is 4. The summed E-state index contributed by atoms with van der Waals surface area (Å²) in [6.07, 6.45) is 0. The maximum Gasteiger partial charge on any atom is 0.257 e. The number of thiazole rings is 2.